The smallest absolute Gasteiger partial charge is 0.263 e. The van der Waals surface area contributed by atoms with Crippen molar-refractivity contribution in [3.05, 3.63) is 33.4 Å². The number of carbonyl (C=O) groups excluding carboxylic acids is 1. The second-order valence-electron chi connectivity index (χ2n) is 7.47. The third-order valence-corrected chi connectivity index (χ3v) is 7.56. The molecule has 0 aliphatic heterocycles. The number of allylic oxidation sites excluding steroid dienone is 1. The first kappa shape index (κ1) is 18.7. The molecule has 1 atom stereocenters. The largest absolute Gasteiger partial charge is 0.353 e. The van der Waals surface area contributed by atoms with Crippen molar-refractivity contribution >= 4 is 39.2 Å². The summed E-state index contributed by atoms with van der Waals surface area (Å²) in [7, 11) is 0. The fraction of sp³-hybridized carbons (Fsp3) is 0.550. The van der Waals surface area contributed by atoms with Gasteiger partial charge in [0.25, 0.3) is 5.56 Å². The zero-order valence-electron chi connectivity index (χ0n) is 15.6. The van der Waals surface area contributed by atoms with Gasteiger partial charge in [-0.2, -0.15) is 0 Å². The third kappa shape index (κ3) is 3.85. The summed E-state index contributed by atoms with van der Waals surface area (Å²) in [4.78, 5) is 32.3. The fourth-order valence-electron chi connectivity index (χ4n) is 3.76. The summed E-state index contributed by atoms with van der Waals surface area (Å²) in [6.45, 7) is 6.26. The number of nitrogens with zero attached hydrogens (tertiary/aromatic N) is 2. The van der Waals surface area contributed by atoms with Crippen molar-refractivity contribution in [3.63, 3.8) is 0 Å². The van der Waals surface area contributed by atoms with E-state index >= 15 is 0 Å². The summed E-state index contributed by atoms with van der Waals surface area (Å²) in [5.41, 5.74) is 1.21. The molecule has 1 saturated carbocycles. The topological polar surface area (TPSA) is 64.0 Å². The Hall–Kier alpha value is -1.60. The normalized spacial score (nSPS) is 17.5. The maximum absolute atomic E-state index is 13.2. The number of rotatable bonds is 7. The molecule has 2 aliphatic rings. The van der Waals surface area contributed by atoms with Crippen LogP contribution in [0.4, 0.5) is 0 Å². The third-order valence-electron chi connectivity index (χ3n) is 5.40. The van der Waals surface area contributed by atoms with Crippen LogP contribution in [0, 0.1) is 5.92 Å². The van der Waals surface area contributed by atoms with Gasteiger partial charge in [0.15, 0.2) is 5.16 Å². The van der Waals surface area contributed by atoms with E-state index in [1.165, 1.54) is 41.5 Å². The molecule has 0 aromatic carbocycles. The van der Waals surface area contributed by atoms with E-state index in [1.54, 1.807) is 22.0 Å². The van der Waals surface area contributed by atoms with Gasteiger partial charge in [0.2, 0.25) is 5.91 Å². The lowest BCUT2D eigenvalue weighted by atomic mass is 9.97. The van der Waals surface area contributed by atoms with Crippen LogP contribution in [0.2, 0.25) is 0 Å². The van der Waals surface area contributed by atoms with E-state index in [1.807, 2.05) is 0 Å². The molecule has 5 nitrogen and oxygen atoms in total. The number of amides is 1. The molecule has 0 spiro atoms. The second kappa shape index (κ2) is 7.80. The van der Waals surface area contributed by atoms with Crippen LogP contribution in [-0.4, -0.2) is 27.3 Å². The first-order chi connectivity index (χ1) is 13.1. The van der Waals surface area contributed by atoms with Gasteiger partial charge in [0.1, 0.15) is 4.83 Å². The minimum absolute atomic E-state index is 0.00405. The quantitative estimate of drug-likeness (QED) is 0.436. The predicted molar refractivity (Wildman–Crippen MR) is 112 cm³/mol. The summed E-state index contributed by atoms with van der Waals surface area (Å²) in [6, 6.07) is 0.230. The molecule has 1 N–H and O–H groups in total. The zero-order valence-corrected chi connectivity index (χ0v) is 17.3. The lowest BCUT2D eigenvalue weighted by Crippen LogP contribution is -2.35. The van der Waals surface area contributed by atoms with Crippen molar-refractivity contribution in [1.29, 1.82) is 0 Å². The van der Waals surface area contributed by atoms with Crippen LogP contribution >= 0.6 is 23.1 Å². The van der Waals surface area contributed by atoms with Gasteiger partial charge >= 0.3 is 0 Å². The molecular weight excluding hydrogens is 378 g/mol. The van der Waals surface area contributed by atoms with Gasteiger partial charge in [-0.3, -0.25) is 14.2 Å². The van der Waals surface area contributed by atoms with Crippen LogP contribution in [0.1, 0.15) is 43.0 Å². The minimum Gasteiger partial charge on any atom is -0.353 e. The molecule has 2 aromatic rings. The van der Waals surface area contributed by atoms with Gasteiger partial charge in [-0.05, 0) is 56.9 Å². The molecule has 2 heterocycles. The van der Waals surface area contributed by atoms with E-state index in [4.69, 9.17) is 4.98 Å². The highest BCUT2D eigenvalue weighted by atomic mass is 32.2. The minimum atomic E-state index is 0.00405. The number of hydrogen-bond donors (Lipinski definition) is 1. The Kier molecular flexibility index (Phi) is 5.41. The van der Waals surface area contributed by atoms with Gasteiger partial charge in [-0.15, -0.1) is 17.9 Å². The standard InChI is InChI=1S/C20H25N3O2S2/c1-3-10-23-19(25)17-14-6-4-5-7-15(14)27-18(17)22-20(23)26-11-16(24)21-12(2)13-8-9-13/h3,12-13H,1,4-11H2,2H3,(H,21,24)/t12-/m0/s1. The molecule has 2 aliphatic carbocycles. The summed E-state index contributed by atoms with van der Waals surface area (Å²) < 4.78 is 1.67. The Morgan fingerprint density at radius 1 is 1.44 bits per heavy atom. The molecule has 4 rings (SSSR count). The van der Waals surface area contributed by atoms with Crippen LogP contribution in [0.25, 0.3) is 10.2 Å². The fourth-order valence-corrected chi connectivity index (χ4v) is 5.88. The number of thioether (sulfide) groups is 1. The number of hydrogen-bond acceptors (Lipinski definition) is 5. The van der Waals surface area contributed by atoms with Gasteiger partial charge in [0.05, 0.1) is 11.1 Å². The Bertz CT molecular complexity index is 943. The van der Waals surface area contributed by atoms with Crippen molar-refractivity contribution in [2.75, 3.05) is 5.75 Å². The highest BCUT2D eigenvalue weighted by molar-refractivity contribution is 7.99. The molecule has 1 fully saturated rings. The van der Waals surface area contributed by atoms with Crippen LogP contribution in [0.5, 0.6) is 0 Å². The Morgan fingerprint density at radius 3 is 2.96 bits per heavy atom. The number of aromatic nitrogens is 2. The average Bonchev–Trinajstić information content (AvgIpc) is 3.43. The summed E-state index contributed by atoms with van der Waals surface area (Å²) >= 11 is 2.99. The molecule has 2 aromatic heterocycles. The van der Waals surface area contributed by atoms with E-state index in [0.717, 1.165) is 29.5 Å². The molecule has 0 bridgehead atoms. The van der Waals surface area contributed by atoms with Crippen molar-refractivity contribution < 1.29 is 4.79 Å². The lowest BCUT2D eigenvalue weighted by Gasteiger charge is -2.14. The van der Waals surface area contributed by atoms with Gasteiger partial charge < -0.3 is 5.32 Å². The number of carbonyl (C=O) groups is 1. The van der Waals surface area contributed by atoms with Crippen molar-refractivity contribution in [3.8, 4) is 0 Å². The van der Waals surface area contributed by atoms with E-state index in [2.05, 4.69) is 18.8 Å². The summed E-state index contributed by atoms with van der Waals surface area (Å²) in [5, 5.41) is 4.46. The maximum Gasteiger partial charge on any atom is 0.263 e. The van der Waals surface area contributed by atoms with Crippen LogP contribution in [-0.2, 0) is 24.2 Å². The van der Waals surface area contributed by atoms with Crippen molar-refractivity contribution in [2.24, 2.45) is 5.92 Å². The number of thiophene rings is 1. The molecule has 7 heteroatoms. The number of fused-ring (bicyclic) bond motifs is 3. The van der Waals surface area contributed by atoms with Crippen LogP contribution in [0.15, 0.2) is 22.6 Å². The van der Waals surface area contributed by atoms with E-state index < -0.39 is 0 Å². The number of aryl methyl sites for hydroxylation is 2. The van der Waals surface area contributed by atoms with E-state index in [0.29, 0.717) is 17.6 Å². The van der Waals surface area contributed by atoms with Crippen molar-refractivity contribution in [1.82, 2.24) is 14.9 Å². The first-order valence-electron chi connectivity index (χ1n) is 9.66. The Morgan fingerprint density at radius 2 is 2.22 bits per heavy atom. The van der Waals surface area contributed by atoms with Gasteiger partial charge in [-0.1, -0.05) is 17.8 Å². The average molecular weight is 404 g/mol. The van der Waals surface area contributed by atoms with E-state index in [9.17, 15) is 9.59 Å². The molecule has 27 heavy (non-hydrogen) atoms. The van der Waals surface area contributed by atoms with Crippen LogP contribution in [0.3, 0.4) is 0 Å². The lowest BCUT2D eigenvalue weighted by molar-refractivity contribution is -0.119. The molecule has 0 radical (unpaired) electrons. The van der Waals surface area contributed by atoms with Crippen LogP contribution < -0.4 is 10.9 Å². The molecule has 0 saturated heterocycles. The molecule has 0 unspecified atom stereocenters. The Balaban J connectivity index is 1.61. The maximum atomic E-state index is 13.2. The SMILES string of the molecule is C=CCn1c(SCC(=O)N[C@@H](C)C2CC2)nc2sc3c(c2c1=O)CCCC3. The summed E-state index contributed by atoms with van der Waals surface area (Å²) in [5.74, 6) is 0.909. The first-order valence-corrected chi connectivity index (χ1v) is 11.5. The highest BCUT2D eigenvalue weighted by Crippen LogP contribution is 2.35. The van der Waals surface area contributed by atoms with Crippen molar-refractivity contribution in [2.45, 2.75) is 63.2 Å². The van der Waals surface area contributed by atoms with Gasteiger partial charge in [-0.25, -0.2) is 4.98 Å². The van der Waals surface area contributed by atoms with E-state index in [-0.39, 0.29) is 23.3 Å². The zero-order chi connectivity index (χ0) is 19.0. The number of nitrogens with one attached hydrogen (secondary N) is 1. The van der Waals surface area contributed by atoms with Gasteiger partial charge in [0, 0.05) is 17.5 Å². The molecule has 1 amide bonds. The monoisotopic (exact) mass is 403 g/mol. The second-order valence-corrected chi connectivity index (χ2v) is 9.50. The predicted octanol–water partition coefficient (Wildman–Crippen LogP) is 3.53. The highest BCUT2D eigenvalue weighted by Gasteiger charge is 2.29. The summed E-state index contributed by atoms with van der Waals surface area (Å²) in [6.07, 6.45) is 8.45. The molecular formula is C20H25N3O2S2. The molecule has 144 valence electrons. The Labute approximate surface area is 167 Å².